The van der Waals surface area contributed by atoms with E-state index in [9.17, 15) is 4.79 Å². The van der Waals surface area contributed by atoms with Gasteiger partial charge in [-0.25, -0.2) is 9.78 Å². The van der Waals surface area contributed by atoms with Gasteiger partial charge in [0.05, 0.1) is 12.8 Å². The predicted octanol–water partition coefficient (Wildman–Crippen LogP) is 5.32. The van der Waals surface area contributed by atoms with Gasteiger partial charge in [0, 0.05) is 30.1 Å². The van der Waals surface area contributed by atoms with E-state index < -0.39 is 0 Å². The molecule has 0 radical (unpaired) electrons. The Balaban J connectivity index is 1.41. The number of likely N-dealkylation sites (tertiary alicyclic amines) is 1. The number of carbonyl (C=O) groups is 1. The molecule has 0 amide bonds. The molecular formula is C25H26N2O2S. The number of methoxy groups -OCH3 is 1. The van der Waals surface area contributed by atoms with E-state index in [1.165, 1.54) is 29.6 Å². The van der Waals surface area contributed by atoms with Gasteiger partial charge in [-0.05, 0) is 24.8 Å². The molecule has 1 fully saturated rings. The first-order valence-electron chi connectivity index (χ1n) is 10.3. The molecule has 2 aromatic carbocycles. The number of thiazole rings is 1. The van der Waals surface area contributed by atoms with Crippen LogP contribution in [0.15, 0.2) is 66.2 Å². The molecule has 0 spiro atoms. The van der Waals surface area contributed by atoms with Crippen LogP contribution in [0.2, 0.25) is 0 Å². The molecule has 5 heteroatoms. The molecule has 0 unspecified atom stereocenters. The number of aromatic nitrogens is 1. The number of ether oxygens (including phenoxy) is 1. The second-order valence-electron chi connectivity index (χ2n) is 7.45. The topological polar surface area (TPSA) is 42.4 Å². The number of piperidine rings is 1. The highest BCUT2D eigenvalue weighted by Gasteiger charge is 2.20. The monoisotopic (exact) mass is 418 g/mol. The Labute approximate surface area is 181 Å². The molecule has 154 valence electrons. The number of nitrogens with zero attached hydrogens (tertiary/aromatic N) is 2. The average molecular weight is 419 g/mol. The lowest BCUT2D eigenvalue weighted by Crippen LogP contribution is -2.32. The van der Waals surface area contributed by atoms with Crippen LogP contribution in [0.3, 0.4) is 0 Å². The lowest BCUT2D eigenvalue weighted by Gasteiger charge is -2.28. The maximum absolute atomic E-state index is 12.0. The van der Waals surface area contributed by atoms with Crippen molar-refractivity contribution >= 4 is 23.4 Å². The molecule has 1 aliphatic heterocycles. The maximum Gasteiger partial charge on any atom is 0.367 e. The fourth-order valence-corrected chi connectivity index (χ4v) is 4.76. The van der Waals surface area contributed by atoms with Crippen molar-refractivity contribution in [3.63, 3.8) is 0 Å². The molecule has 2 heterocycles. The summed E-state index contributed by atoms with van der Waals surface area (Å²) in [6.07, 6.45) is 5.43. The smallest absolute Gasteiger partial charge is 0.367 e. The Bertz CT molecular complexity index is 1000. The molecule has 30 heavy (non-hydrogen) atoms. The van der Waals surface area contributed by atoms with Gasteiger partial charge in [-0.1, -0.05) is 72.3 Å². The standard InChI is InChI=1S/C25H26N2O2S/c1-29-25(28)24-26-23(21-10-6-3-7-11-21)22(30-24)14-17-27-15-12-20(13-16-27)18-19-8-4-2-5-9-19/h2-11,18H,12-17H2,1H3. The fraction of sp³-hybridized carbons (Fsp3) is 0.280. The minimum atomic E-state index is -0.364. The van der Waals surface area contributed by atoms with Crippen LogP contribution in [0.1, 0.15) is 33.1 Å². The van der Waals surface area contributed by atoms with E-state index in [4.69, 9.17) is 4.74 Å². The van der Waals surface area contributed by atoms with Crippen LogP contribution in [0, 0.1) is 0 Å². The van der Waals surface area contributed by atoms with Gasteiger partial charge in [-0.2, -0.15) is 0 Å². The first-order chi connectivity index (χ1) is 14.7. The molecule has 0 saturated carbocycles. The third-order valence-corrected chi connectivity index (χ3v) is 6.52. The Morgan fingerprint density at radius 3 is 2.40 bits per heavy atom. The van der Waals surface area contributed by atoms with E-state index in [-0.39, 0.29) is 5.97 Å². The predicted molar refractivity (Wildman–Crippen MR) is 123 cm³/mol. The Morgan fingerprint density at radius 2 is 1.73 bits per heavy atom. The molecule has 3 aromatic rings. The highest BCUT2D eigenvalue weighted by atomic mass is 32.1. The van der Waals surface area contributed by atoms with Crippen molar-refractivity contribution in [3.8, 4) is 11.3 Å². The summed E-state index contributed by atoms with van der Waals surface area (Å²) >= 11 is 1.45. The summed E-state index contributed by atoms with van der Waals surface area (Å²) in [5, 5.41) is 0.429. The summed E-state index contributed by atoms with van der Waals surface area (Å²) in [6.45, 7) is 3.12. The summed E-state index contributed by atoms with van der Waals surface area (Å²) in [7, 11) is 1.40. The Kier molecular flexibility index (Phi) is 6.72. The van der Waals surface area contributed by atoms with Crippen LogP contribution in [0.4, 0.5) is 0 Å². The quantitative estimate of drug-likeness (QED) is 0.508. The number of rotatable bonds is 6. The second-order valence-corrected chi connectivity index (χ2v) is 8.54. The van der Waals surface area contributed by atoms with Gasteiger partial charge >= 0.3 is 5.97 Å². The van der Waals surface area contributed by atoms with Gasteiger partial charge < -0.3 is 9.64 Å². The van der Waals surface area contributed by atoms with E-state index in [2.05, 4.69) is 46.3 Å². The molecule has 0 N–H and O–H groups in total. The molecule has 0 atom stereocenters. The van der Waals surface area contributed by atoms with E-state index >= 15 is 0 Å². The van der Waals surface area contributed by atoms with Gasteiger partial charge in [0.2, 0.25) is 5.01 Å². The van der Waals surface area contributed by atoms with Crippen LogP contribution in [-0.4, -0.2) is 42.6 Å². The van der Waals surface area contributed by atoms with Crippen molar-refractivity contribution in [2.24, 2.45) is 0 Å². The molecule has 4 rings (SSSR count). The zero-order valence-corrected chi connectivity index (χ0v) is 18.0. The highest BCUT2D eigenvalue weighted by molar-refractivity contribution is 7.14. The summed E-state index contributed by atoms with van der Waals surface area (Å²) in [4.78, 5) is 20.3. The van der Waals surface area contributed by atoms with Crippen LogP contribution in [0.25, 0.3) is 17.3 Å². The summed E-state index contributed by atoms with van der Waals surface area (Å²) in [5.41, 5.74) is 4.76. The lowest BCUT2D eigenvalue weighted by atomic mass is 10.0. The average Bonchev–Trinajstić information content (AvgIpc) is 3.24. The minimum Gasteiger partial charge on any atom is -0.464 e. The van der Waals surface area contributed by atoms with Crippen molar-refractivity contribution in [1.82, 2.24) is 9.88 Å². The second kappa shape index (κ2) is 9.83. The third kappa shape index (κ3) is 5.04. The first-order valence-corrected chi connectivity index (χ1v) is 11.1. The van der Waals surface area contributed by atoms with Gasteiger partial charge in [-0.3, -0.25) is 0 Å². The van der Waals surface area contributed by atoms with Crippen molar-refractivity contribution in [2.75, 3.05) is 26.7 Å². The first kappa shape index (κ1) is 20.5. The van der Waals surface area contributed by atoms with E-state index in [1.807, 2.05) is 30.3 Å². The number of carbonyl (C=O) groups excluding carboxylic acids is 1. The lowest BCUT2D eigenvalue weighted by molar-refractivity contribution is 0.0600. The van der Waals surface area contributed by atoms with Crippen molar-refractivity contribution in [3.05, 3.63) is 81.7 Å². The molecule has 1 aliphatic rings. The zero-order valence-electron chi connectivity index (χ0n) is 17.2. The molecule has 1 aromatic heterocycles. The number of hydrogen-bond acceptors (Lipinski definition) is 5. The summed E-state index contributed by atoms with van der Waals surface area (Å²) in [5.74, 6) is -0.364. The van der Waals surface area contributed by atoms with Crippen molar-refractivity contribution in [1.29, 1.82) is 0 Å². The van der Waals surface area contributed by atoms with Gasteiger partial charge in [0.1, 0.15) is 0 Å². The minimum absolute atomic E-state index is 0.364. The summed E-state index contributed by atoms with van der Waals surface area (Å²) < 4.78 is 4.89. The van der Waals surface area contributed by atoms with Crippen molar-refractivity contribution in [2.45, 2.75) is 19.3 Å². The van der Waals surface area contributed by atoms with E-state index in [1.54, 1.807) is 0 Å². The third-order valence-electron chi connectivity index (χ3n) is 5.43. The maximum atomic E-state index is 12.0. The molecule has 1 saturated heterocycles. The number of esters is 1. The number of benzene rings is 2. The van der Waals surface area contributed by atoms with Gasteiger partial charge in [-0.15, -0.1) is 11.3 Å². The SMILES string of the molecule is COC(=O)c1nc(-c2ccccc2)c(CCN2CCC(=Cc3ccccc3)CC2)s1. The summed E-state index contributed by atoms with van der Waals surface area (Å²) in [6, 6.07) is 20.6. The van der Waals surface area contributed by atoms with Crippen LogP contribution in [-0.2, 0) is 11.2 Å². The van der Waals surface area contributed by atoms with Crippen LogP contribution < -0.4 is 0 Å². The van der Waals surface area contributed by atoms with E-state index in [0.717, 1.165) is 55.0 Å². The largest absolute Gasteiger partial charge is 0.464 e. The van der Waals surface area contributed by atoms with Gasteiger partial charge in [0.25, 0.3) is 0 Å². The molecule has 4 nitrogen and oxygen atoms in total. The van der Waals surface area contributed by atoms with Crippen LogP contribution in [0.5, 0.6) is 0 Å². The molecule has 0 bridgehead atoms. The number of hydrogen-bond donors (Lipinski definition) is 0. The molecule has 0 aliphatic carbocycles. The van der Waals surface area contributed by atoms with Gasteiger partial charge in [0.15, 0.2) is 0 Å². The van der Waals surface area contributed by atoms with Crippen molar-refractivity contribution < 1.29 is 9.53 Å². The highest BCUT2D eigenvalue weighted by Crippen LogP contribution is 2.30. The van der Waals surface area contributed by atoms with E-state index in [0.29, 0.717) is 5.01 Å². The normalized spacial score (nSPS) is 14.5. The fourth-order valence-electron chi connectivity index (χ4n) is 3.77. The molecular weight excluding hydrogens is 392 g/mol. The Morgan fingerprint density at radius 1 is 1.07 bits per heavy atom. The zero-order chi connectivity index (χ0) is 20.8. The van der Waals surface area contributed by atoms with Crippen LogP contribution >= 0.6 is 11.3 Å². The Hall–Kier alpha value is -2.76.